The molecular weight excluding hydrogens is 391 g/mol. The summed E-state index contributed by atoms with van der Waals surface area (Å²) in [7, 11) is 1.61. The Balaban J connectivity index is 1.93. The average Bonchev–Trinajstić information content (AvgIpc) is 3.04. The number of nitrogens with zero attached hydrogens (tertiary/aromatic N) is 4. The number of nitriles is 1. The molecule has 0 aliphatic rings. The van der Waals surface area contributed by atoms with Crippen molar-refractivity contribution in [2.24, 2.45) is 0 Å². The van der Waals surface area contributed by atoms with Crippen LogP contribution in [0.25, 0.3) is 5.69 Å². The molecule has 0 aliphatic carbocycles. The first-order valence-electron chi connectivity index (χ1n) is 7.65. The van der Waals surface area contributed by atoms with Crippen LogP contribution in [0.3, 0.4) is 0 Å². The second kappa shape index (κ2) is 8.45. The molecule has 1 heterocycles. The lowest BCUT2D eigenvalue weighted by Gasteiger charge is -2.11. The minimum atomic E-state index is 0.159. The smallest absolute Gasteiger partial charge is 0.196 e. The monoisotopic (exact) mass is 404 g/mol. The van der Waals surface area contributed by atoms with E-state index in [1.165, 1.54) is 11.8 Å². The lowest BCUT2D eigenvalue weighted by Crippen LogP contribution is -2.02. The van der Waals surface area contributed by atoms with Crippen LogP contribution in [0.15, 0.2) is 47.6 Å². The number of hydrogen-bond acceptors (Lipinski definition) is 5. The van der Waals surface area contributed by atoms with Crippen LogP contribution in [0.5, 0.6) is 5.75 Å². The van der Waals surface area contributed by atoms with Gasteiger partial charge in [-0.1, -0.05) is 41.0 Å². The zero-order valence-corrected chi connectivity index (χ0v) is 16.1. The van der Waals surface area contributed by atoms with Crippen LogP contribution in [0.4, 0.5) is 0 Å². The van der Waals surface area contributed by atoms with Crippen LogP contribution in [0, 0.1) is 11.3 Å². The standard InChI is InChI=1S/C18H14Cl2N4OS/c1-25-13-7-5-12(6-8-13)24-17(9-10-21)22-23-18(24)26-11-14-15(19)3-2-4-16(14)20/h2-8H,9,11H2,1H3. The van der Waals surface area contributed by atoms with Gasteiger partial charge in [0.05, 0.1) is 19.6 Å². The molecule has 0 atom stereocenters. The Morgan fingerprint density at radius 3 is 2.42 bits per heavy atom. The lowest BCUT2D eigenvalue weighted by molar-refractivity contribution is 0.414. The third kappa shape index (κ3) is 3.96. The molecule has 0 unspecified atom stereocenters. The van der Waals surface area contributed by atoms with Crippen LogP contribution in [0.1, 0.15) is 11.4 Å². The van der Waals surface area contributed by atoms with Gasteiger partial charge in [-0.25, -0.2) is 0 Å². The summed E-state index contributed by atoms with van der Waals surface area (Å²) in [6.45, 7) is 0. The van der Waals surface area contributed by atoms with Crippen molar-refractivity contribution in [3.8, 4) is 17.5 Å². The highest BCUT2D eigenvalue weighted by molar-refractivity contribution is 7.98. The molecule has 5 nitrogen and oxygen atoms in total. The molecule has 2 aromatic carbocycles. The molecule has 0 saturated carbocycles. The Hall–Kier alpha value is -2.20. The molecule has 0 saturated heterocycles. The third-order valence-corrected chi connectivity index (χ3v) is 5.34. The van der Waals surface area contributed by atoms with Crippen molar-refractivity contribution < 1.29 is 4.74 Å². The van der Waals surface area contributed by atoms with E-state index in [0.29, 0.717) is 26.8 Å². The van der Waals surface area contributed by atoms with E-state index in [9.17, 15) is 0 Å². The summed E-state index contributed by atoms with van der Waals surface area (Å²) in [5.74, 6) is 1.87. The molecule has 0 radical (unpaired) electrons. The fourth-order valence-corrected chi connectivity index (χ4v) is 4.09. The Morgan fingerprint density at radius 2 is 1.81 bits per heavy atom. The van der Waals surface area contributed by atoms with E-state index >= 15 is 0 Å². The summed E-state index contributed by atoms with van der Waals surface area (Å²) in [4.78, 5) is 0. The highest BCUT2D eigenvalue weighted by atomic mass is 35.5. The van der Waals surface area contributed by atoms with Gasteiger partial charge in [0.1, 0.15) is 5.75 Å². The number of hydrogen-bond donors (Lipinski definition) is 0. The van der Waals surface area contributed by atoms with E-state index in [2.05, 4.69) is 16.3 Å². The minimum absolute atomic E-state index is 0.159. The maximum atomic E-state index is 9.07. The van der Waals surface area contributed by atoms with E-state index in [1.54, 1.807) is 19.2 Å². The predicted molar refractivity (Wildman–Crippen MR) is 103 cm³/mol. The van der Waals surface area contributed by atoms with Gasteiger partial charge in [-0.15, -0.1) is 10.2 Å². The van der Waals surface area contributed by atoms with E-state index < -0.39 is 0 Å². The van der Waals surface area contributed by atoms with E-state index in [-0.39, 0.29) is 6.42 Å². The molecule has 0 aliphatic heterocycles. The molecule has 0 spiro atoms. The van der Waals surface area contributed by atoms with Crippen molar-refractivity contribution in [2.45, 2.75) is 17.3 Å². The highest BCUT2D eigenvalue weighted by Gasteiger charge is 2.16. The summed E-state index contributed by atoms with van der Waals surface area (Å²) in [5.41, 5.74) is 1.70. The first-order valence-corrected chi connectivity index (χ1v) is 9.39. The number of thioether (sulfide) groups is 1. The van der Waals surface area contributed by atoms with Crippen molar-refractivity contribution in [3.63, 3.8) is 0 Å². The van der Waals surface area contributed by atoms with Gasteiger partial charge in [0.25, 0.3) is 0 Å². The maximum Gasteiger partial charge on any atom is 0.196 e. The largest absolute Gasteiger partial charge is 0.497 e. The molecule has 8 heteroatoms. The van der Waals surface area contributed by atoms with Crippen molar-refractivity contribution in [1.82, 2.24) is 14.8 Å². The number of ether oxygens (including phenoxy) is 1. The molecular formula is C18H14Cl2N4OS. The van der Waals surface area contributed by atoms with Crippen LogP contribution in [-0.4, -0.2) is 21.9 Å². The van der Waals surface area contributed by atoms with Crippen LogP contribution in [-0.2, 0) is 12.2 Å². The molecule has 26 heavy (non-hydrogen) atoms. The number of aromatic nitrogens is 3. The SMILES string of the molecule is COc1ccc(-n2c(CC#N)nnc2SCc2c(Cl)cccc2Cl)cc1. The average molecular weight is 405 g/mol. The number of methoxy groups -OCH3 is 1. The molecule has 3 aromatic rings. The van der Waals surface area contributed by atoms with E-state index in [1.807, 2.05) is 34.9 Å². The Bertz CT molecular complexity index is 931. The number of benzene rings is 2. The Morgan fingerprint density at radius 1 is 1.12 bits per heavy atom. The Labute approximate surface area is 165 Å². The fourth-order valence-electron chi connectivity index (χ4n) is 2.38. The molecule has 3 rings (SSSR count). The summed E-state index contributed by atoms with van der Waals surface area (Å²) in [6, 6.07) is 15.0. The molecule has 0 bridgehead atoms. The van der Waals surface area contributed by atoms with Crippen molar-refractivity contribution in [2.75, 3.05) is 7.11 Å². The summed E-state index contributed by atoms with van der Waals surface area (Å²) in [6.07, 6.45) is 0.159. The van der Waals surface area contributed by atoms with Crippen molar-refractivity contribution in [3.05, 3.63) is 63.9 Å². The second-order valence-corrected chi connectivity index (χ2v) is 7.01. The van der Waals surface area contributed by atoms with Gasteiger partial charge in [-0.3, -0.25) is 4.57 Å². The molecule has 0 fully saturated rings. The molecule has 1 aromatic heterocycles. The first-order chi connectivity index (χ1) is 12.6. The normalized spacial score (nSPS) is 10.5. The lowest BCUT2D eigenvalue weighted by atomic mass is 10.2. The molecule has 0 amide bonds. The van der Waals surface area contributed by atoms with E-state index in [4.69, 9.17) is 33.2 Å². The number of rotatable bonds is 6. The molecule has 0 N–H and O–H groups in total. The Kier molecular flexibility index (Phi) is 6.04. The van der Waals surface area contributed by atoms with Gasteiger partial charge in [0.15, 0.2) is 11.0 Å². The van der Waals surface area contributed by atoms with Crippen molar-refractivity contribution >= 4 is 35.0 Å². The second-order valence-electron chi connectivity index (χ2n) is 5.26. The summed E-state index contributed by atoms with van der Waals surface area (Å²) < 4.78 is 7.06. The van der Waals surface area contributed by atoms with Gasteiger partial charge in [0, 0.05) is 21.5 Å². The minimum Gasteiger partial charge on any atom is -0.497 e. The van der Waals surface area contributed by atoms with Gasteiger partial charge in [0.2, 0.25) is 0 Å². The zero-order valence-electron chi connectivity index (χ0n) is 13.8. The van der Waals surface area contributed by atoms with Crippen LogP contribution < -0.4 is 4.74 Å². The first kappa shape index (κ1) is 18.6. The van der Waals surface area contributed by atoms with Gasteiger partial charge in [-0.05, 0) is 42.0 Å². The van der Waals surface area contributed by atoms with Crippen LogP contribution >= 0.6 is 35.0 Å². The van der Waals surface area contributed by atoms with Gasteiger partial charge >= 0.3 is 0 Å². The molecule has 132 valence electrons. The van der Waals surface area contributed by atoms with E-state index in [0.717, 1.165) is 17.0 Å². The predicted octanol–water partition coefficient (Wildman–Crippen LogP) is 4.94. The third-order valence-electron chi connectivity index (χ3n) is 3.68. The van der Waals surface area contributed by atoms with Crippen LogP contribution in [0.2, 0.25) is 10.0 Å². The fraction of sp³-hybridized carbons (Fsp3) is 0.167. The van der Waals surface area contributed by atoms with Gasteiger partial charge < -0.3 is 4.74 Å². The maximum absolute atomic E-state index is 9.07. The number of halogens is 2. The zero-order chi connectivity index (χ0) is 18.5. The topological polar surface area (TPSA) is 63.7 Å². The summed E-state index contributed by atoms with van der Waals surface area (Å²) in [5, 5.41) is 19.3. The van der Waals surface area contributed by atoms with Gasteiger partial charge in [-0.2, -0.15) is 5.26 Å². The highest BCUT2D eigenvalue weighted by Crippen LogP contribution is 2.32. The van der Waals surface area contributed by atoms with Crippen molar-refractivity contribution in [1.29, 1.82) is 5.26 Å². The summed E-state index contributed by atoms with van der Waals surface area (Å²) >= 11 is 13.9. The quantitative estimate of drug-likeness (QED) is 0.544.